The monoisotopic (exact) mass is 305 g/mol. The number of nitrogens with zero attached hydrogens (tertiary/aromatic N) is 1. The molecule has 2 rings (SSSR count). The normalized spacial score (nSPS) is 10.2. The summed E-state index contributed by atoms with van der Waals surface area (Å²) < 4.78 is 0. The quantitative estimate of drug-likeness (QED) is 0.754. The third-order valence-corrected chi connectivity index (χ3v) is 3.29. The summed E-state index contributed by atoms with van der Waals surface area (Å²) >= 11 is 6.14. The molecule has 0 saturated carbocycles. The average molecular weight is 306 g/mol. The lowest BCUT2D eigenvalue weighted by Gasteiger charge is -2.20. The third kappa shape index (κ3) is 3.20. The van der Waals surface area contributed by atoms with Crippen LogP contribution in [0.15, 0.2) is 36.4 Å². The van der Waals surface area contributed by atoms with Crippen molar-refractivity contribution in [2.75, 3.05) is 30.0 Å². The van der Waals surface area contributed by atoms with Gasteiger partial charge in [0, 0.05) is 19.8 Å². The standard InChI is InChI=1S/C15H16ClN3O2/c1-19(2)13-6-4-3-5-12(13)18-14-10(15(20)21)7-9(17)8-11(14)16/h3-8,18H,17H2,1-2H3,(H,20,21). The van der Waals surface area contributed by atoms with Gasteiger partial charge < -0.3 is 21.1 Å². The number of carboxylic acids is 1. The van der Waals surface area contributed by atoms with E-state index < -0.39 is 5.97 Å². The smallest absolute Gasteiger partial charge is 0.337 e. The van der Waals surface area contributed by atoms with Crippen molar-refractivity contribution in [2.45, 2.75) is 0 Å². The van der Waals surface area contributed by atoms with E-state index in [1.54, 1.807) is 0 Å². The van der Waals surface area contributed by atoms with Gasteiger partial charge in [-0.25, -0.2) is 4.79 Å². The molecule has 5 nitrogen and oxygen atoms in total. The van der Waals surface area contributed by atoms with Gasteiger partial charge in [-0.05, 0) is 24.3 Å². The molecule has 21 heavy (non-hydrogen) atoms. The van der Waals surface area contributed by atoms with E-state index in [1.807, 2.05) is 43.3 Å². The number of para-hydroxylation sites is 2. The Kier molecular flexibility index (Phi) is 4.23. The number of hydrogen-bond donors (Lipinski definition) is 3. The van der Waals surface area contributed by atoms with Gasteiger partial charge in [0.05, 0.1) is 27.6 Å². The van der Waals surface area contributed by atoms with Crippen molar-refractivity contribution in [2.24, 2.45) is 0 Å². The zero-order chi connectivity index (χ0) is 15.6. The lowest BCUT2D eigenvalue weighted by Crippen LogP contribution is -2.12. The molecule has 0 aliphatic carbocycles. The fraction of sp³-hybridized carbons (Fsp3) is 0.133. The molecule has 0 bridgehead atoms. The molecule has 2 aromatic rings. The first-order valence-electron chi connectivity index (χ1n) is 6.26. The fourth-order valence-electron chi connectivity index (χ4n) is 2.03. The number of aromatic carboxylic acids is 1. The van der Waals surface area contributed by atoms with Crippen molar-refractivity contribution in [1.82, 2.24) is 0 Å². The van der Waals surface area contributed by atoms with Gasteiger partial charge in [-0.15, -0.1) is 0 Å². The number of hydrogen-bond acceptors (Lipinski definition) is 4. The van der Waals surface area contributed by atoms with Crippen molar-refractivity contribution >= 4 is 40.3 Å². The molecular formula is C15H16ClN3O2. The van der Waals surface area contributed by atoms with E-state index in [0.29, 0.717) is 11.4 Å². The molecule has 2 aromatic carbocycles. The first kappa shape index (κ1) is 15.0. The van der Waals surface area contributed by atoms with Crippen LogP contribution in [0.2, 0.25) is 5.02 Å². The van der Waals surface area contributed by atoms with Gasteiger partial charge in [0.25, 0.3) is 0 Å². The van der Waals surface area contributed by atoms with E-state index in [4.69, 9.17) is 17.3 Å². The minimum atomic E-state index is -1.09. The van der Waals surface area contributed by atoms with E-state index in [0.717, 1.165) is 11.4 Å². The number of anilines is 4. The van der Waals surface area contributed by atoms with Crippen molar-refractivity contribution in [3.05, 3.63) is 47.0 Å². The summed E-state index contributed by atoms with van der Waals surface area (Å²) in [4.78, 5) is 13.3. The third-order valence-electron chi connectivity index (χ3n) is 2.99. The second-order valence-corrected chi connectivity index (χ2v) is 5.17. The number of benzene rings is 2. The molecule has 0 aromatic heterocycles. The summed E-state index contributed by atoms with van der Waals surface area (Å²) in [5.74, 6) is -1.09. The van der Waals surface area contributed by atoms with Crippen LogP contribution in [0.1, 0.15) is 10.4 Å². The molecule has 0 unspecified atom stereocenters. The van der Waals surface area contributed by atoms with E-state index in [-0.39, 0.29) is 10.6 Å². The van der Waals surface area contributed by atoms with Crippen LogP contribution in [-0.4, -0.2) is 25.2 Å². The Hall–Kier alpha value is -2.40. The molecule has 0 saturated heterocycles. The molecule has 0 heterocycles. The van der Waals surface area contributed by atoms with Crippen LogP contribution >= 0.6 is 11.6 Å². The van der Waals surface area contributed by atoms with Crippen LogP contribution < -0.4 is 16.0 Å². The van der Waals surface area contributed by atoms with Crippen molar-refractivity contribution < 1.29 is 9.90 Å². The number of halogens is 1. The van der Waals surface area contributed by atoms with E-state index in [2.05, 4.69) is 5.32 Å². The van der Waals surface area contributed by atoms with Gasteiger partial charge in [-0.3, -0.25) is 0 Å². The lowest BCUT2D eigenvalue weighted by atomic mass is 10.1. The largest absolute Gasteiger partial charge is 0.478 e. The number of nitrogens with two attached hydrogens (primary N) is 1. The maximum Gasteiger partial charge on any atom is 0.337 e. The number of rotatable bonds is 4. The van der Waals surface area contributed by atoms with Crippen LogP contribution in [0.5, 0.6) is 0 Å². The predicted molar refractivity (Wildman–Crippen MR) is 86.9 cm³/mol. The topological polar surface area (TPSA) is 78.6 Å². The SMILES string of the molecule is CN(C)c1ccccc1Nc1c(Cl)cc(N)cc1C(=O)O. The molecule has 0 aliphatic heterocycles. The molecule has 0 atom stereocenters. The van der Waals surface area contributed by atoms with Crippen LogP contribution in [0.4, 0.5) is 22.7 Å². The summed E-state index contributed by atoms with van der Waals surface area (Å²) in [6, 6.07) is 10.5. The zero-order valence-corrected chi connectivity index (χ0v) is 12.5. The predicted octanol–water partition coefficient (Wildman–Crippen LogP) is 3.43. The highest BCUT2D eigenvalue weighted by Gasteiger charge is 2.16. The molecule has 0 aliphatic rings. The summed E-state index contributed by atoms with van der Waals surface area (Å²) in [5, 5.41) is 12.7. The second-order valence-electron chi connectivity index (χ2n) is 4.77. The first-order valence-corrected chi connectivity index (χ1v) is 6.63. The molecule has 0 fully saturated rings. The van der Waals surface area contributed by atoms with Gasteiger partial charge in [-0.1, -0.05) is 23.7 Å². The number of nitrogens with one attached hydrogen (secondary N) is 1. The Balaban J connectivity index is 2.52. The van der Waals surface area contributed by atoms with Gasteiger partial charge in [0.15, 0.2) is 0 Å². The van der Waals surface area contributed by atoms with Crippen molar-refractivity contribution in [3.8, 4) is 0 Å². The van der Waals surface area contributed by atoms with E-state index in [9.17, 15) is 9.90 Å². The first-order chi connectivity index (χ1) is 9.90. The Morgan fingerprint density at radius 3 is 2.57 bits per heavy atom. The Bertz CT molecular complexity index is 687. The summed E-state index contributed by atoms with van der Waals surface area (Å²) in [5.41, 5.74) is 8.00. The van der Waals surface area contributed by atoms with Crippen LogP contribution in [0, 0.1) is 0 Å². The summed E-state index contributed by atoms with van der Waals surface area (Å²) in [7, 11) is 3.81. The van der Waals surface area contributed by atoms with E-state index in [1.165, 1.54) is 12.1 Å². The Morgan fingerprint density at radius 1 is 1.29 bits per heavy atom. The lowest BCUT2D eigenvalue weighted by molar-refractivity contribution is 0.0698. The summed E-state index contributed by atoms with van der Waals surface area (Å²) in [6.45, 7) is 0. The molecule has 4 N–H and O–H groups in total. The average Bonchev–Trinajstić information content (AvgIpc) is 2.41. The minimum Gasteiger partial charge on any atom is -0.478 e. The van der Waals surface area contributed by atoms with Crippen LogP contribution in [0.3, 0.4) is 0 Å². The van der Waals surface area contributed by atoms with Crippen LogP contribution in [-0.2, 0) is 0 Å². The summed E-state index contributed by atoms with van der Waals surface area (Å²) in [6.07, 6.45) is 0. The number of carbonyl (C=O) groups is 1. The highest BCUT2D eigenvalue weighted by molar-refractivity contribution is 6.34. The van der Waals surface area contributed by atoms with E-state index >= 15 is 0 Å². The maximum atomic E-state index is 11.4. The minimum absolute atomic E-state index is 0.0357. The molecule has 0 radical (unpaired) electrons. The fourth-order valence-corrected chi connectivity index (χ4v) is 2.30. The molecule has 110 valence electrons. The van der Waals surface area contributed by atoms with Crippen molar-refractivity contribution in [1.29, 1.82) is 0 Å². The molecular weight excluding hydrogens is 290 g/mol. The molecule has 6 heteroatoms. The van der Waals surface area contributed by atoms with Gasteiger partial charge in [0.1, 0.15) is 0 Å². The highest BCUT2D eigenvalue weighted by Crippen LogP contribution is 2.34. The number of carboxylic acid groups (broad SMARTS) is 1. The zero-order valence-electron chi connectivity index (χ0n) is 11.7. The van der Waals surface area contributed by atoms with Gasteiger partial charge in [-0.2, -0.15) is 0 Å². The maximum absolute atomic E-state index is 11.4. The molecule has 0 amide bonds. The van der Waals surface area contributed by atoms with Crippen molar-refractivity contribution in [3.63, 3.8) is 0 Å². The van der Waals surface area contributed by atoms with Crippen LogP contribution in [0.25, 0.3) is 0 Å². The molecule has 0 spiro atoms. The second kappa shape index (κ2) is 5.93. The Morgan fingerprint density at radius 2 is 1.95 bits per heavy atom. The Labute approximate surface area is 127 Å². The van der Waals surface area contributed by atoms with Gasteiger partial charge in [0.2, 0.25) is 0 Å². The van der Waals surface area contributed by atoms with Gasteiger partial charge >= 0.3 is 5.97 Å². The number of nitrogen functional groups attached to an aromatic ring is 1. The highest BCUT2D eigenvalue weighted by atomic mass is 35.5.